The number of hydrogen-bond acceptors (Lipinski definition) is 4. The van der Waals surface area contributed by atoms with Crippen LogP contribution in [0.4, 0.5) is 10.1 Å². The molecule has 0 aliphatic carbocycles. The third kappa shape index (κ3) is 6.06. The van der Waals surface area contributed by atoms with E-state index in [9.17, 15) is 14.0 Å². The normalized spacial score (nSPS) is 10.6. The zero-order chi connectivity index (χ0) is 22.4. The van der Waals surface area contributed by atoms with Gasteiger partial charge in [-0.25, -0.2) is 14.4 Å². The molecule has 3 rings (SSSR count). The van der Waals surface area contributed by atoms with Gasteiger partial charge >= 0.3 is 0 Å². The average Bonchev–Trinajstić information content (AvgIpc) is 2.75. The molecule has 0 atom stereocenters. The summed E-state index contributed by atoms with van der Waals surface area (Å²) in [6.07, 6.45) is 3.02. The molecule has 31 heavy (non-hydrogen) atoms. The third-order valence-electron chi connectivity index (χ3n) is 4.63. The molecule has 0 unspecified atom stereocenters. The van der Waals surface area contributed by atoms with Crippen molar-refractivity contribution in [2.24, 2.45) is 0 Å². The molecule has 0 saturated heterocycles. The molecule has 0 aliphatic rings. The van der Waals surface area contributed by atoms with E-state index >= 15 is 0 Å². The Labute approximate surface area is 194 Å². The molecule has 2 amide bonds. The number of nitrogens with one attached hydrogen (secondary N) is 1. The van der Waals surface area contributed by atoms with Crippen LogP contribution < -0.4 is 5.32 Å². The van der Waals surface area contributed by atoms with Gasteiger partial charge in [-0.2, -0.15) is 0 Å². The molecular weight excluding hydrogens is 510 g/mol. The summed E-state index contributed by atoms with van der Waals surface area (Å²) in [4.78, 5) is 32.8. The molecule has 8 heteroatoms. The van der Waals surface area contributed by atoms with Crippen LogP contribution in [0.2, 0.25) is 0 Å². The highest BCUT2D eigenvalue weighted by molar-refractivity contribution is 14.1. The van der Waals surface area contributed by atoms with E-state index in [0.29, 0.717) is 25.1 Å². The van der Waals surface area contributed by atoms with Gasteiger partial charge in [-0.1, -0.05) is 18.2 Å². The number of nitrogens with zero attached hydrogens (tertiary/aromatic N) is 3. The Balaban J connectivity index is 1.66. The molecule has 0 bridgehead atoms. The second-order valence-corrected chi connectivity index (χ2v) is 8.23. The van der Waals surface area contributed by atoms with Crippen LogP contribution in [0.3, 0.4) is 0 Å². The fraction of sp³-hybridized carbons (Fsp3) is 0.217. The van der Waals surface area contributed by atoms with Crippen molar-refractivity contribution < 1.29 is 14.0 Å². The topological polar surface area (TPSA) is 75.2 Å². The first kappa shape index (κ1) is 22.8. The smallest absolute Gasteiger partial charge is 0.300 e. The van der Waals surface area contributed by atoms with Crippen LogP contribution in [0.1, 0.15) is 35.1 Å². The van der Waals surface area contributed by atoms with Crippen molar-refractivity contribution in [1.29, 1.82) is 0 Å². The largest absolute Gasteiger partial charge is 0.326 e. The molecule has 0 spiro atoms. The molecule has 1 heterocycles. The number of rotatable bonds is 7. The number of carbonyl (C=O) groups is 2. The number of aromatic nitrogens is 2. The molecule has 0 fully saturated rings. The minimum Gasteiger partial charge on any atom is -0.326 e. The predicted octanol–water partition coefficient (Wildman–Crippen LogP) is 4.97. The van der Waals surface area contributed by atoms with Gasteiger partial charge in [-0.05, 0) is 61.2 Å². The van der Waals surface area contributed by atoms with Gasteiger partial charge < -0.3 is 5.32 Å². The van der Waals surface area contributed by atoms with E-state index in [0.717, 1.165) is 22.4 Å². The van der Waals surface area contributed by atoms with Crippen molar-refractivity contribution in [1.82, 2.24) is 13.1 Å². The first-order valence-electron chi connectivity index (χ1n) is 9.78. The Morgan fingerprint density at radius 3 is 2.55 bits per heavy atom. The van der Waals surface area contributed by atoms with E-state index in [1.807, 2.05) is 54.1 Å². The number of halogens is 2. The Kier molecular flexibility index (Phi) is 7.67. The second-order valence-electron chi connectivity index (χ2n) is 7.06. The SMILES string of the molecule is CC(=O)Nc1ccccc1CCCN(I)C(=O)c1ncc(C)c(-c2ccc(F)cc2)n1. The summed E-state index contributed by atoms with van der Waals surface area (Å²) >= 11 is 1.97. The maximum atomic E-state index is 13.2. The van der Waals surface area contributed by atoms with Crippen molar-refractivity contribution in [3.8, 4) is 11.3 Å². The van der Waals surface area contributed by atoms with Gasteiger partial charge in [-0.15, -0.1) is 0 Å². The molecule has 160 valence electrons. The van der Waals surface area contributed by atoms with Gasteiger partial charge in [0.25, 0.3) is 5.91 Å². The number of aryl methyl sites for hydroxylation is 2. The van der Waals surface area contributed by atoms with Crippen molar-refractivity contribution in [2.75, 3.05) is 11.9 Å². The molecule has 6 nitrogen and oxygen atoms in total. The van der Waals surface area contributed by atoms with Gasteiger partial charge in [-0.3, -0.25) is 12.7 Å². The molecule has 0 radical (unpaired) electrons. The molecule has 0 saturated carbocycles. The van der Waals surface area contributed by atoms with Gasteiger partial charge in [0.1, 0.15) is 5.82 Å². The summed E-state index contributed by atoms with van der Waals surface area (Å²) < 4.78 is 14.8. The van der Waals surface area contributed by atoms with Crippen LogP contribution in [0, 0.1) is 12.7 Å². The van der Waals surface area contributed by atoms with Crippen molar-refractivity contribution in [2.45, 2.75) is 26.7 Å². The average molecular weight is 532 g/mol. The Bertz CT molecular complexity index is 1090. The molecule has 1 N–H and O–H groups in total. The van der Waals surface area contributed by atoms with E-state index in [4.69, 9.17) is 0 Å². The number of amides is 2. The van der Waals surface area contributed by atoms with E-state index in [2.05, 4.69) is 15.3 Å². The van der Waals surface area contributed by atoms with Crippen LogP contribution >= 0.6 is 22.9 Å². The molecule has 2 aromatic carbocycles. The van der Waals surface area contributed by atoms with Crippen LogP contribution in [0.5, 0.6) is 0 Å². The lowest BCUT2D eigenvalue weighted by atomic mass is 10.1. The lowest BCUT2D eigenvalue weighted by Crippen LogP contribution is -2.24. The van der Waals surface area contributed by atoms with Crippen LogP contribution in [0.25, 0.3) is 11.3 Å². The van der Waals surface area contributed by atoms with Gasteiger partial charge in [0, 0.05) is 30.9 Å². The Hall–Kier alpha value is -2.88. The number of hydrogen-bond donors (Lipinski definition) is 1. The zero-order valence-electron chi connectivity index (χ0n) is 17.2. The van der Waals surface area contributed by atoms with Crippen LogP contribution in [0.15, 0.2) is 54.7 Å². The highest BCUT2D eigenvalue weighted by Crippen LogP contribution is 2.22. The van der Waals surface area contributed by atoms with Gasteiger partial charge in [0.15, 0.2) is 0 Å². The van der Waals surface area contributed by atoms with Gasteiger partial charge in [0.2, 0.25) is 11.7 Å². The first-order chi connectivity index (χ1) is 14.8. The summed E-state index contributed by atoms with van der Waals surface area (Å²) in [6, 6.07) is 13.6. The van der Waals surface area contributed by atoms with Crippen LogP contribution in [-0.2, 0) is 11.2 Å². The van der Waals surface area contributed by atoms with Crippen molar-refractivity contribution in [3.63, 3.8) is 0 Å². The lowest BCUT2D eigenvalue weighted by Gasteiger charge is -2.15. The fourth-order valence-corrected chi connectivity index (χ4v) is 3.67. The number of anilines is 1. The van der Waals surface area contributed by atoms with E-state index in [1.165, 1.54) is 19.1 Å². The minimum absolute atomic E-state index is 0.0953. The standard InChI is InChI=1S/C23H22FIN4O2/c1-15-14-26-22(28-21(15)18-9-11-19(24)12-10-18)23(31)29(25)13-5-7-17-6-3-4-8-20(17)27-16(2)30/h3-4,6,8-12,14H,5,7,13H2,1-2H3,(H,27,30). The van der Waals surface area contributed by atoms with E-state index in [1.54, 1.807) is 21.4 Å². The van der Waals surface area contributed by atoms with Gasteiger partial charge in [0.05, 0.1) is 28.6 Å². The highest BCUT2D eigenvalue weighted by Gasteiger charge is 2.18. The Morgan fingerprint density at radius 2 is 1.84 bits per heavy atom. The van der Waals surface area contributed by atoms with E-state index < -0.39 is 0 Å². The Morgan fingerprint density at radius 1 is 1.13 bits per heavy atom. The van der Waals surface area contributed by atoms with Crippen LogP contribution in [-0.4, -0.2) is 31.4 Å². The molecule has 0 aliphatic heterocycles. The molecular formula is C23H22FIN4O2. The summed E-state index contributed by atoms with van der Waals surface area (Å²) in [5, 5.41) is 2.83. The predicted molar refractivity (Wildman–Crippen MR) is 126 cm³/mol. The second kappa shape index (κ2) is 10.4. The minimum atomic E-state index is -0.328. The number of carbonyl (C=O) groups excluding carboxylic acids is 2. The maximum absolute atomic E-state index is 13.2. The summed E-state index contributed by atoms with van der Waals surface area (Å²) in [5.41, 5.74) is 3.93. The number of benzene rings is 2. The maximum Gasteiger partial charge on any atom is 0.300 e. The summed E-state index contributed by atoms with van der Waals surface area (Å²) in [6.45, 7) is 3.82. The monoisotopic (exact) mass is 532 g/mol. The van der Waals surface area contributed by atoms with Crippen molar-refractivity contribution in [3.05, 3.63) is 77.5 Å². The quantitative estimate of drug-likeness (QED) is 0.345. The number of para-hydroxylation sites is 1. The third-order valence-corrected chi connectivity index (χ3v) is 5.55. The summed E-state index contributed by atoms with van der Waals surface area (Å²) in [7, 11) is 0. The fourth-order valence-electron chi connectivity index (χ4n) is 3.11. The highest BCUT2D eigenvalue weighted by atomic mass is 127. The van der Waals surface area contributed by atoms with Crippen molar-refractivity contribution >= 4 is 40.4 Å². The lowest BCUT2D eigenvalue weighted by molar-refractivity contribution is -0.114. The zero-order valence-corrected chi connectivity index (χ0v) is 19.4. The van der Waals surface area contributed by atoms with E-state index in [-0.39, 0.29) is 23.5 Å². The molecule has 3 aromatic rings. The summed E-state index contributed by atoms with van der Waals surface area (Å²) in [5.74, 6) is -0.644. The first-order valence-corrected chi connectivity index (χ1v) is 10.7. The molecule has 1 aromatic heterocycles.